The average Bonchev–Trinajstić information content (AvgIpc) is 1.99. The Morgan fingerprint density at radius 1 is 1.00 bits per heavy atom. The molecule has 0 spiro atoms. The number of rotatable bonds is 1. The van der Waals surface area contributed by atoms with Crippen molar-refractivity contribution in [2.45, 2.75) is 39.5 Å². The summed E-state index contributed by atoms with van der Waals surface area (Å²) in [6.45, 7) is 2.85. The molecule has 0 radical (unpaired) electrons. The summed E-state index contributed by atoms with van der Waals surface area (Å²) >= 11 is 0. The number of carbonyl (C=O) groups excluding carboxylic acids is 1. The second-order valence-electron chi connectivity index (χ2n) is 3.49. The summed E-state index contributed by atoms with van der Waals surface area (Å²) in [5.74, 6) is -0.0625. The van der Waals surface area contributed by atoms with Crippen LogP contribution in [0.4, 0.5) is 0 Å². The van der Waals surface area contributed by atoms with Gasteiger partial charge in [-0.05, 0) is 39.5 Å². The maximum atomic E-state index is 10.0. The fraction of sp³-hybridized carbons (Fsp3) is 0.462. The summed E-state index contributed by atoms with van der Waals surface area (Å²) in [4.78, 5) is 10.0. The number of aliphatic hydroxyl groups excluding tert-OH is 1. The highest BCUT2D eigenvalue weighted by Crippen LogP contribution is 2.02. The van der Waals surface area contributed by atoms with Crippen LogP contribution in [0.3, 0.4) is 0 Å². The monoisotopic (exact) mass is 208 g/mol. The Labute approximate surface area is 92.0 Å². The fourth-order valence-electron chi connectivity index (χ4n) is 1.15. The molecule has 1 aliphatic carbocycles. The van der Waals surface area contributed by atoms with Crippen LogP contribution in [-0.4, -0.2) is 10.9 Å². The Morgan fingerprint density at radius 3 is 1.47 bits per heavy atom. The summed E-state index contributed by atoms with van der Waals surface area (Å²) in [5, 5.41) is 8.36. The molecule has 0 bridgehead atoms. The highest BCUT2D eigenvalue weighted by molar-refractivity contribution is 5.87. The van der Waals surface area contributed by atoms with E-state index < -0.39 is 0 Å². The molecule has 0 amide bonds. The Bertz CT molecular complexity index is 230. The quantitative estimate of drug-likeness (QED) is 0.405. The number of ketones is 1. The first-order valence-electron chi connectivity index (χ1n) is 5.30. The van der Waals surface area contributed by atoms with E-state index in [-0.39, 0.29) is 11.5 Å². The topological polar surface area (TPSA) is 37.3 Å². The number of allylic oxidation sites excluding steroid dienone is 6. The molecule has 84 valence electrons. The molecule has 0 aromatic rings. The largest absolute Gasteiger partial charge is 0.512 e. The molecule has 0 saturated heterocycles. The lowest BCUT2D eigenvalue weighted by Crippen LogP contribution is -1.82. The fourth-order valence-corrected chi connectivity index (χ4v) is 1.15. The lowest BCUT2D eigenvalue weighted by atomic mass is 10.1. The van der Waals surface area contributed by atoms with Crippen molar-refractivity contribution < 1.29 is 9.90 Å². The van der Waals surface area contributed by atoms with Crippen molar-refractivity contribution in [3.8, 4) is 0 Å². The molecule has 0 unspecified atom stereocenters. The van der Waals surface area contributed by atoms with E-state index in [9.17, 15) is 4.79 Å². The minimum absolute atomic E-state index is 0.0625. The first-order chi connectivity index (χ1) is 7.13. The molecule has 2 heteroatoms. The van der Waals surface area contributed by atoms with Gasteiger partial charge in [-0.25, -0.2) is 0 Å². The van der Waals surface area contributed by atoms with Crippen molar-refractivity contribution in [3.05, 3.63) is 36.1 Å². The molecule has 0 aromatic heterocycles. The molecule has 0 saturated carbocycles. The summed E-state index contributed by atoms with van der Waals surface area (Å²) in [5.41, 5.74) is 0. The zero-order chi connectivity index (χ0) is 11.5. The van der Waals surface area contributed by atoms with Gasteiger partial charge in [0.2, 0.25) is 0 Å². The van der Waals surface area contributed by atoms with Crippen LogP contribution < -0.4 is 0 Å². The van der Waals surface area contributed by atoms with Crippen molar-refractivity contribution in [3.63, 3.8) is 0 Å². The molecule has 1 rings (SSSR count). The first kappa shape index (κ1) is 13.7. The highest BCUT2D eigenvalue weighted by Gasteiger charge is 1.83. The molecular weight excluding hydrogens is 188 g/mol. The predicted octanol–water partition coefficient (Wildman–Crippen LogP) is 3.71. The van der Waals surface area contributed by atoms with Gasteiger partial charge in [0, 0.05) is 6.08 Å². The molecule has 2 nitrogen and oxygen atoms in total. The minimum Gasteiger partial charge on any atom is -0.512 e. The molecule has 1 N–H and O–H groups in total. The normalized spacial score (nSPS) is 20.3. The van der Waals surface area contributed by atoms with E-state index in [0.29, 0.717) is 0 Å². The molecule has 0 aliphatic heterocycles. The van der Waals surface area contributed by atoms with Gasteiger partial charge in [0.15, 0.2) is 5.78 Å². The van der Waals surface area contributed by atoms with E-state index in [1.807, 2.05) is 0 Å². The van der Waals surface area contributed by atoms with Gasteiger partial charge in [-0.3, -0.25) is 4.79 Å². The molecule has 0 aromatic carbocycles. The van der Waals surface area contributed by atoms with Crippen LogP contribution in [-0.2, 0) is 4.79 Å². The molecule has 0 heterocycles. The summed E-state index contributed by atoms with van der Waals surface area (Å²) in [7, 11) is 0. The highest BCUT2D eigenvalue weighted by atomic mass is 16.3. The van der Waals surface area contributed by atoms with Crippen LogP contribution in [0.15, 0.2) is 36.1 Å². The van der Waals surface area contributed by atoms with Crippen molar-refractivity contribution in [2.24, 2.45) is 0 Å². The van der Waals surface area contributed by atoms with E-state index in [2.05, 4.69) is 24.3 Å². The van der Waals surface area contributed by atoms with E-state index in [4.69, 9.17) is 5.11 Å². The summed E-state index contributed by atoms with van der Waals surface area (Å²) < 4.78 is 0. The van der Waals surface area contributed by atoms with Gasteiger partial charge >= 0.3 is 0 Å². The average molecular weight is 208 g/mol. The van der Waals surface area contributed by atoms with Gasteiger partial charge in [-0.2, -0.15) is 0 Å². The summed E-state index contributed by atoms with van der Waals surface area (Å²) in [6, 6.07) is 0. The molecule has 15 heavy (non-hydrogen) atoms. The van der Waals surface area contributed by atoms with Crippen LogP contribution >= 0.6 is 0 Å². The maximum absolute atomic E-state index is 10.0. The van der Waals surface area contributed by atoms with Crippen LogP contribution in [0.2, 0.25) is 0 Å². The number of aliphatic hydroxyl groups is 1. The van der Waals surface area contributed by atoms with Gasteiger partial charge in [0.05, 0.1) is 5.76 Å². The lowest BCUT2D eigenvalue weighted by Gasteiger charge is -1.92. The van der Waals surface area contributed by atoms with Gasteiger partial charge in [-0.1, -0.05) is 24.3 Å². The maximum Gasteiger partial charge on any atom is 0.155 e. The van der Waals surface area contributed by atoms with Crippen molar-refractivity contribution >= 4 is 5.78 Å². The summed E-state index contributed by atoms with van der Waals surface area (Å²) in [6.07, 6.45) is 15.2. The Kier molecular flexibility index (Phi) is 8.44. The first-order valence-corrected chi connectivity index (χ1v) is 5.30. The Balaban J connectivity index is 0.000000265. The third-order valence-electron chi connectivity index (χ3n) is 1.75. The standard InChI is InChI=1S/C8H12.C5H8O2/c1-2-4-6-8-7-5-3-1;1-4(6)3-5(2)7/h1-2,7-8H,3-6H2;3,6H,1-2H3/b2-1-,8-7-;4-3-. The van der Waals surface area contributed by atoms with E-state index >= 15 is 0 Å². The molecule has 0 atom stereocenters. The Morgan fingerprint density at radius 2 is 1.33 bits per heavy atom. The third-order valence-corrected chi connectivity index (χ3v) is 1.75. The number of carbonyl (C=O) groups is 1. The van der Waals surface area contributed by atoms with Crippen LogP contribution in [0, 0.1) is 0 Å². The van der Waals surface area contributed by atoms with E-state index in [1.165, 1.54) is 45.6 Å². The predicted molar refractivity (Wildman–Crippen MR) is 63.8 cm³/mol. The Hall–Kier alpha value is -1.31. The van der Waals surface area contributed by atoms with Crippen LogP contribution in [0.1, 0.15) is 39.5 Å². The van der Waals surface area contributed by atoms with Crippen molar-refractivity contribution in [2.75, 3.05) is 0 Å². The zero-order valence-electron chi connectivity index (χ0n) is 9.57. The van der Waals surface area contributed by atoms with Crippen LogP contribution in [0.5, 0.6) is 0 Å². The van der Waals surface area contributed by atoms with Gasteiger partial charge < -0.3 is 5.11 Å². The van der Waals surface area contributed by atoms with Gasteiger partial charge in [0.1, 0.15) is 0 Å². The van der Waals surface area contributed by atoms with Crippen LogP contribution in [0.25, 0.3) is 0 Å². The third kappa shape index (κ3) is 12.7. The second-order valence-corrected chi connectivity index (χ2v) is 3.49. The second kappa shape index (κ2) is 9.25. The SMILES string of the molecule is C1=C\CC/C=C\CC/1.CC(=O)/C=C(/C)O. The minimum atomic E-state index is -0.125. The van der Waals surface area contributed by atoms with Gasteiger partial charge in [-0.15, -0.1) is 0 Å². The number of hydrogen-bond acceptors (Lipinski definition) is 2. The van der Waals surface area contributed by atoms with E-state index in [0.717, 1.165) is 0 Å². The number of hydrogen-bond donors (Lipinski definition) is 1. The molecule has 1 aliphatic rings. The van der Waals surface area contributed by atoms with Crippen molar-refractivity contribution in [1.82, 2.24) is 0 Å². The zero-order valence-corrected chi connectivity index (χ0v) is 9.57. The molecule has 0 fully saturated rings. The molecular formula is C13H20O2. The smallest absolute Gasteiger partial charge is 0.155 e. The lowest BCUT2D eigenvalue weighted by molar-refractivity contribution is -0.112. The van der Waals surface area contributed by atoms with E-state index in [1.54, 1.807) is 0 Å². The van der Waals surface area contributed by atoms with Gasteiger partial charge in [0.25, 0.3) is 0 Å². The van der Waals surface area contributed by atoms with Crippen molar-refractivity contribution in [1.29, 1.82) is 0 Å².